The van der Waals surface area contributed by atoms with Crippen LogP contribution in [-0.2, 0) is 0 Å². The molecule has 3 N–H and O–H groups in total. The monoisotopic (exact) mass is 374 g/mol. The largest absolute Gasteiger partial charge is 0.345 e. The second-order valence-electron chi connectivity index (χ2n) is 4.77. The standard InChI is InChI=1S/C13H16Br2N2O/c14-9-3-4-11(15)10(7-9)12(18)17-13(8-16)5-1-2-6-13/h3-4,7H,1-2,5-6,8,16H2,(H,17,18). The number of carbonyl (C=O) groups excluding carboxylic acids is 1. The summed E-state index contributed by atoms with van der Waals surface area (Å²) in [4.78, 5) is 12.3. The van der Waals surface area contributed by atoms with Crippen LogP contribution in [0.2, 0.25) is 0 Å². The molecule has 1 aromatic carbocycles. The molecule has 0 radical (unpaired) electrons. The molecular formula is C13H16Br2N2O. The van der Waals surface area contributed by atoms with Crippen LogP contribution >= 0.6 is 31.9 Å². The molecule has 2 rings (SSSR count). The van der Waals surface area contributed by atoms with Gasteiger partial charge in [0.15, 0.2) is 0 Å². The van der Waals surface area contributed by atoms with Crippen molar-refractivity contribution in [1.29, 1.82) is 0 Å². The number of halogens is 2. The summed E-state index contributed by atoms with van der Waals surface area (Å²) >= 11 is 6.79. The van der Waals surface area contributed by atoms with Crippen LogP contribution in [0.15, 0.2) is 27.1 Å². The lowest BCUT2D eigenvalue weighted by Gasteiger charge is -2.29. The van der Waals surface area contributed by atoms with Crippen LogP contribution in [0.4, 0.5) is 0 Å². The summed E-state index contributed by atoms with van der Waals surface area (Å²) < 4.78 is 1.69. The van der Waals surface area contributed by atoms with E-state index in [0.29, 0.717) is 12.1 Å². The SMILES string of the molecule is NCC1(NC(=O)c2cc(Br)ccc2Br)CCCC1. The number of rotatable bonds is 3. The zero-order valence-electron chi connectivity index (χ0n) is 10.0. The van der Waals surface area contributed by atoms with Crippen LogP contribution in [-0.4, -0.2) is 18.0 Å². The fourth-order valence-electron chi connectivity index (χ4n) is 2.41. The van der Waals surface area contributed by atoms with Gasteiger partial charge in [0.25, 0.3) is 5.91 Å². The van der Waals surface area contributed by atoms with E-state index in [1.54, 1.807) is 0 Å². The summed E-state index contributed by atoms with van der Waals surface area (Å²) in [6.45, 7) is 0.504. The zero-order chi connectivity index (χ0) is 13.2. The molecule has 1 amide bonds. The fourth-order valence-corrected chi connectivity index (χ4v) is 3.20. The van der Waals surface area contributed by atoms with Gasteiger partial charge in [-0.3, -0.25) is 4.79 Å². The van der Waals surface area contributed by atoms with Crippen molar-refractivity contribution in [3.05, 3.63) is 32.7 Å². The lowest BCUT2D eigenvalue weighted by atomic mass is 9.97. The minimum absolute atomic E-state index is 0.0597. The highest BCUT2D eigenvalue weighted by molar-refractivity contribution is 9.11. The lowest BCUT2D eigenvalue weighted by molar-refractivity contribution is 0.0902. The highest BCUT2D eigenvalue weighted by Gasteiger charge is 2.34. The van der Waals surface area contributed by atoms with Crippen molar-refractivity contribution in [2.75, 3.05) is 6.54 Å². The normalized spacial score (nSPS) is 17.7. The maximum atomic E-state index is 12.3. The Bertz CT molecular complexity index is 456. The van der Waals surface area contributed by atoms with Crippen LogP contribution in [0.5, 0.6) is 0 Å². The van der Waals surface area contributed by atoms with Crippen molar-refractivity contribution in [2.45, 2.75) is 31.2 Å². The van der Waals surface area contributed by atoms with E-state index in [9.17, 15) is 4.79 Å². The molecule has 1 aliphatic rings. The number of nitrogens with two attached hydrogens (primary N) is 1. The Morgan fingerprint density at radius 2 is 2.00 bits per heavy atom. The Balaban J connectivity index is 2.18. The summed E-state index contributed by atoms with van der Waals surface area (Å²) in [5.74, 6) is -0.0597. The Morgan fingerprint density at radius 3 is 2.61 bits per heavy atom. The molecule has 1 aliphatic carbocycles. The lowest BCUT2D eigenvalue weighted by Crippen LogP contribution is -2.51. The van der Waals surface area contributed by atoms with Gasteiger partial charge in [0, 0.05) is 15.5 Å². The average Bonchev–Trinajstić information content (AvgIpc) is 2.81. The van der Waals surface area contributed by atoms with Gasteiger partial charge in [-0.1, -0.05) is 28.8 Å². The van der Waals surface area contributed by atoms with Gasteiger partial charge in [-0.05, 0) is 47.0 Å². The maximum absolute atomic E-state index is 12.3. The third-order valence-corrected chi connectivity index (χ3v) is 4.69. The predicted molar refractivity (Wildman–Crippen MR) is 79.6 cm³/mol. The highest BCUT2D eigenvalue weighted by atomic mass is 79.9. The molecule has 98 valence electrons. The molecule has 1 saturated carbocycles. The quantitative estimate of drug-likeness (QED) is 0.852. The first kappa shape index (κ1) is 14.0. The van der Waals surface area contributed by atoms with Crippen LogP contribution in [0.1, 0.15) is 36.0 Å². The average molecular weight is 376 g/mol. The van der Waals surface area contributed by atoms with Gasteiger partial charge < -0.3 is 11.1 Å². The number of amides is 1. The van der Waals surface area contributed by atoms with E-state index in [2.05, 4.69) is 37.2 Å². The minimum Gasteiger partial charge on any atom is -0.345 e. The molecule has 0 spiro atoms. The molecule has 1 fully saturated rings. The summed E-state index contributed by atoms with van der Waals surface area (Å²) in [6, 6.07) is 5.58. The van der Waals surface area contributed by atoms with E-state index < -0.39 is 0 Å². The second-order valence-corrected chi connectivity index (χ2v) is 6.54. The van der Waals surface area contributed by atoms with Crippen molar-refractivity contribution in [3.63, 3.8) is 0 Å². The van der Waals surface area contributed by atoms with Crippen LogP contribution in [0.25, 0.3) is 0 Å². The molecule has 0 aliphatic heterocycles. The number of benzene rings is 1. The second kappa shape index (κ2) is 5.72. The van der Waals surface area contributed by atoms with Crippen LogP contribution in [0.3, 0.4) is 0 Å². The fraction of sp³-hybridized carbons (Fsp3) is 0.462. The van der Waals surface area contributed by atoms with Gasteiger partial charge in [-0.25, -0.2) is 0 Å². The van der Waals surface area contributed by atoms with E-state index in [1.165, 1.54) is 0 Å². The molecule has 1 aromatic rings. The first-order valence-corrected chi connectivity index (χ1v) is 7.63. The van der Waals surface area contributed by atoms with Gasteiger partial charge >= 0.3 is 0 Å². The van der Waals surface area contributed by atoms with Crippen molar-refractivity contribution in [2.24, 2.45) is 5.73 Å². The van der Waals surface area contributed by atoms with Crippen molar-refractivity contribution in [3.8, 4) is 0 Å². The topological polar surface area (TPSA) is 55.1 Å². The highest BCUT2D eigenvalue weighted by Crippen LogP contribution is 2.30. The third kappa shape index (κ3) is 2.95. The first-order valence-electron chi connectivity index (χ1n) is 6.04. The van der Waals surface area contributed by atoms with Gasteiger partial charge in [-0.15, -0.1) is 0 Å². The van der Waals surface area contributed by atoms with Crippen molar-refractivity contribution in [1.82, 2.24) is 5.32 Å². The molecule has 0 heterocycles. The summed E-state index contributed by atoms with van der Waals surface area (Å²) in [7, 11) is 0. The minimum atomic E-state index is -0.209. The van der Waals surface area contributed by atoms with Gasteiger partial charge in [0.05, 0.1) is 11.1 Å². The van der Waals surface area contributed by atoms with E-state index >= 15 is 0 Å². The van der Waals surface area contributed by atoms with Crippen molar-refractivity contribution >= 4 is 37.8 Å². The van der Waals surface area contributed by atoms with E-state index in [0.717, 1.165) is 34.6 Å². The first-order chi connectivity index (χ1) is 8.56. The molecule has 0 bridgehead atoms. The number of nitrogens with one attached hydrogen (secondary N) is 1. The van der Waals surface area contributed by atoms with Crippen LogP contribution < -0.4 is 11.1 Å². The molecular weight excluding hydrogens is 360 g/mol. The summed E-state index contributed by atoms with van der Waals surface area (Å²) in [6.07, 6.45) is 4.22. The number of hydrogen-bond acceptors (Lipinski definition) is 2. The van der Waals surface area contributed by atoms with E-state index in [1.807, 2.05) is 18.2 Å². The van der Waals surface area contributed by atoms with Crippen molar-refractivity contribution < 1.29 is 4.79 Å². The Hall–Kier alpha value is -0.390. The predicted octanol–water partition coefficient (Wildman–Crippen LogP) is 3.21. The molecule has 18 heavy (non-hydrogen) atoms. The molecule has 0 atom stereocenters. The van der Waals surface area contributed by atoms with Gasteiger partial charge in [0.1, 0.15) is 0 Å². The Labute approximate surface area is 124 Å². The number of carbonyl (C=O) groups is 1. The Kier molecular flexibility index (Phi) is 4.45. The molecule has 5 heteroatoms. The van der Waals surface area contributed by atoms with E-state index in [-0.39, 0.29) is 11.4 Å². The molecule has 0 aromatic heterocycles. The van der Waals surface area contributed by atoms with Gasteiger partial charge in [0.2, 0.25) is 0 Å². The maximum Gasteiger partial charge on any atom is 0.252 e. The summed E-state index contributed by atoms with van der Waals surface area (Å²) in [5, 5.41) is 3.11. The van der Waals surface area contributed by atoms with Gasteiger partial charge in [-0.2, -0.15) is 0 Å². The molecule has 3 nitrogen and oxygen atoms in total. The third-order valence-electron chi connectivity index (χ3n) is 3.50. The molecule has 0 saturated heterocycles. The smallest absolute Gasteiger partial charge is 0.252 e. The number of hydrogen-bond donors (Lipinski definition) is 2. The zero-order valence-corrected chi connectivity index (χ0v) is 13.2. The van der Waals surface area contributed by atoms with E-state index in [4.69, 9.17) is 5.73 Å². The molecule has 0 unspecified atom stereocenters. The summed E-state index contributed by atoms with van der Waals surface area (Å²) in [5.41, 5.74) is 6.26. The Morgan fingerprint density at radius 1 is 1.33 bits per heavy atom. The van der Waals surface area contributed by atoms with Crippen LogP contribution in [0, 0.1) is 0 Å².